The van der Waals surface area contributed by atoms with Crippen molar-refractivity contribution in [1.29, 1.82) is 0 Å². The van der Waals surface area contributed by atoms with Crippen LogP contribution >= 0.6 is 35.3 Å². The molecule has 28 heavy (non-hydrogen) atoms. The van der Waals surface area contributed by atoms with Crippen molar-refractivity contribution in [2.24, 2.45) is 0 Å². The SMILES string of the molecule is COc1ccccc1-n1c(SC)nc2c(sc(=S)n2-c2ccccc2C)c1=O. The summed E-state index contributed by atoms with van der Waals surface area (Å²) in [7, 11) is 1.59. The van der Waals surface area contributed by atoms with E-state index in [1.165, 1.54) is 23.1 Å². The lowest BCUT2D eigenvalue weighted by Crippen LogP contribution is -2.22. The van der Waals surface area contributed by atoms with Crippen molar-refractivity contribution in [1.82, 2.24) is 14.1 Å². The van der Waals surface area contributed by atoms with Crippen LogP contribution in [-0.2, 0) is 0 Å². The molecule has 0 spiro atoms. The maximum absolute atomic E-state index is 13.5. The largest absolute Gasteiger partial charge is 0.495 e. The smallest absolute Gasteiger partial charge is 0.278 e. The van der Waals surface area contributed by atoms with Crippen LogP contribution in [0.2, 0.25) is 0 Å². The lowest BCUT2D eigenvalue weighted by Gasteiger charge is -2.14. The van der Waals surface area contributed by atoms with Gasteiger partial charge in [0.1, 0.15) is 10.4 Å². The summed E-state index contributed by atoms with van der Waals surface area (Å²) in [5, 5.41) is 0.581. The standard InChI is InChI=1S/C20H17N3O2S3/c1-12-8-4-5-9-13(12)22-17-16(28-20(22)26)18(24)23(19(21-17)27-3)14-10-6-7-11-15(14)25-2/h4-11H,1-3H3. The molecule has 4 rings (SSSR count). The Morgan fingerprint density at radius 1 is 1.07 bits per heavy atom. The molecule has 0 radical (unpaired) electrons. The van der Waals surface area contributed by atoms with Gasteiger partial charge in [-0.1, -0.05) is 53.4 Å². The number of hydrogen-bond acceptors (Lipinski definition) is 6. The maximum atomic E-state index is 13.5. The summed E-state index contributed by atoms with van der Waals surface area (Å²) in [5.41, 5.74) is 3.11. The lowest BCUT2D eigenvalue weighted by atomic mass is 10.2. The van der Waals surface area contributed by atoms with E-state index < -0.39 is 0 Å². The van der Waals surface area contributed by atoms with E-state index in [1.807, 2.05) is 66.3 Å². The van der Waals surface area contributed by atoms with Crippen molar-refractivity contribution < 1.29 is 4.74 Å². The van der Waals surface area contributed by atoms with Crippen LogP contribution < -0.4 is 10.3 Å². The highest BCUT2D eigenvalue weighted by atomic mass is 32.2. The zero-order valence-corrected chi connectivity index (χ0v) is 18.0. The predicted molar refractivity (Wildman–Crippen MR) is 118 cm³/mol. The Labute approximate surface area is 175 Å². The molecule has 0 bridgehead atoms. The molecule has 0 amide bonds. The summed E-state index contributed by atoms with van der Waals surface area (Å²) in [5.74, 6) is 0.614. The molecule has 2 aromatic carbocycles. The number of methoxy groups -OCH3 is 1. The van der Waals surface area contributed by atoms with E-state index in [0.717, 1.165) is 11.3 Å². The molecule has 5 nitrogen and oxygen atoms in total. The first kappa shape index (κ1) is 18.9. The van der Waals surface area contributed by atoms with Crippen molar-refractivity contribution in [3.63, 3.8) is 0 Å². The molecule has 0 saturated carbocycles. The first-order valence-electron chi connectivity index (χ1n) is 8.48. The first-order chi connectivity index (χ1) is 13.6. The number of hydrogen-bond donors (Lipinski definition) is 0. The van der Waals surface area contributed by atoms with E-state index in [9.17, 15) is 4.79 Å². The number of fused-ring (bicyclic) bond motifs is 1. The predicted octanol–water partition coefficient (Wildman–Crippen LogP) is 5.01. The van der Waals surface area contributed by atoms with Crippen LogP contribution in [0.4, 0.5) is 0 Å². The highest BCUT2D eigenvalue weighted by Crippen LogP contribution is 2.30. The minimum Gasteiger partial charge on any atom is -0.495 e. The zero-order valence-electron chi connectivity index (χ0n) is 15.5. The summed E-state index contributed by atoms with van der Waals surface area (Å²) >= 11 is 8.30. The van der Waals surface area contributed by atoms with Gasteiger partial charge in [-0.3, -0.25) is 13.9 Å². The fourth-order valence-corrected chi connectivity index (χ4v) is 4.96. The molecular formula is C20H17N3O2S3. The second-order valence-electron chi connectivity index (χ2n) is 6.05. The summed E-state index contributed by atoms with van der Waals surface area (Å²) < 4.78 is 10.1. The minimum atomic E-state index is -0.151. The fourth-order valence-electron chi connectivity index (χ4n) is 3.13. The molecule has 4 aromatic rings. The van der Waals surface area contributed by atoms with E-state index in [2.05, 4.69) is 0 Å². The van der Waals surface area contributed by atoms with E-state index in [0.29, 0.717) is 30.9 Å². The van der Waals surface area contributed by atoms with E-state index >= 15 is 0 Å². The number of aromatic nitrogens is 3. The average Bonchev–Trinajstić information content (AvgIpc) is 3.04. The van der Waals surface area contributed by atoms with Gasteiger partial charge in [0.25, 0.3) is 5.56 Å². The monoisotopic (exact) mass is 427 g/mol. The Hall–Kier alpha value is -2.42. The molecule has 2 heterocycles. The second-order valence-corrected chi connectivity index (χ2v) is 8.47. The Bertz CT molecular complexity index is 1300. The minimum absolute atomic E-state index is 0.151. The van der Waals surface area contributed by atoms with Gasteiger partial charge in [0.2, 0.25) is 0 Å². The van der Waals surface area contributed by atoms with Gasteiger partial charge >= 0.3 is 0 Å². The normalized spacial score (nSPS) is 11.1. The number of thiazole rings is 1. The number of thioether (sulfide) groups is 1. The molecule has 0 aliphatic rings. The van der Waals surface area contributed by atoms with Gasteiger partial charge < -0.3 is 4.74 Å². The Morgan fingerprint density at radius 2 is 1.75 bits per heavy atom. The second kappa shape index (κ2) is 7.54. The Balaban J connectivity index is 2.10. The molecule has 2 aromatic heterocycles. The van der Waals surface area contributed by atoms with Crippen LogP contribution in [-0.4, -0.2) is 27.5 Å². The summed E-state index contributed by atoms with van der Waals surface area (Å²) in [6.45, 7) is 2.02. The number of nitrogens with zero attached hydrogens (tertiary/aromatic N) is 3. The van der Waals surface area contributed by atoms with Gasteiger partial charge in [0.15, 0.2) is 14.8 Å². The quantitative estimate of drug-likeness (QED) is 0.260. The van der Waals surface area contributed by atoms with E-state index in [1.54, 1.807) is 11.7 Å². The highest BCUT2D eigenvalue weighted by Gasteiger charge is 2.20. The molecule has 0 aliphatic carbocycles. The summed E-state index contributed by atoms with van der Waals surface area (Å²) in [6, 6.07) is 15.4. The number of benzene rings is 2. The number of rotatable bonds is 4. The molecule has 0 fully saturated rings. The van der Waals surface area contributed by atoms with E-state index in [-0.39, 0.29) is 5.56 Å². The van der Waals surface area contributed by atoms with Crippen molar-refractivity contribution in [3.8, 4) is 17.1 Å². The topological polar surface area (TPSA) is 49.0 Å². The third-order valence-electron chi connectivity index (χ3n) is 4.44. The maximum Gasteiger partial charge on any atom is 0.278 e. The van der Waals surface area contributed by atoms with Gasteiger partial charge in [0.05, 0.1) is 18.5 Å². The van der Waals surface area contributed by atoms with Gasteiger partial charge in [-0.25, -0.2) is 4.98 Å². The molecule has 8 heteroatoms. The van der Waals surface area contributed by atoms with Crippen LogP contribution in [0.3, 0.4) is 0 Å². The van der Waals surface area contributed by atoms with Crippen molar-refractivity contribution in [2.75, 3.05) is 13.4 Å². The van der Waals surface area contributed by atoms with Crippen molar-refractivity contribution in [3.05, 3.63) is 68.4 Å². The van der Waals surface area contributed by atoms with Crippen LogP contribution in [0.5, 0.6) is 5.75 Å². The van der Waals surface area contributed by atoms with Gasteiger partial charge in [0, 0.05) is 0 Å². The molecule has 0 saturated heterocycles. The Morgan fingerprint density at radius 3 is 2.43 bits per heavy atom. The fraction of sp³-hybridized carbons (Fsp3) is 0.150. The average molecular weight is 428 g/mol. The number of para-hydroxylation sites is 3. The van der Waals surface area contributed by atoms with Crippen LogP contribution in [0, 0.1) is 10.9 Å². The zero-order chi connectivity index (χ0) is 19.8. The van der Waals surface area contributed by atoms with Gasteiger partial charge in [-0.05, 0) is 49.2 Å². The van der Waals surface area contributed by atoms with Crippen LogP contribution in [0.15, 0.2) is 58.5 Å². The van der Waals surface area contributed by atoms with Crippen LogP contribution in [0.1, 0.15) is 5.56 Å². The van der Waals surface area contributed by atoms with Crippen LogP contribution in [0.25, 0.3) is 21.7 Å². The third kappa shape index (κ3) is 2.97. The number of ether oxygens (including phenoxy) is 1. The van der Waals surface area contributed by atoms with Gasteiger partial charge in [-0.15, -0.1) is 0 Å². The molecule has 0 N–H and O–H groups in total. The number of aryl methyl sites for hydroxylation is 1. The molecule has 0 aliphatic heterocycles. The van der Waals surface area contributed by atoms with Gasteiger partial charge in [-0.2, -0.15) is 0 Å². The van der Waals surface area contributed by atoms with E-state index in [4.69, 9.17) is 21.9 Å². The molecule has 0 unspecified atom stereocenters. The lowest BCUT2D eigenvalue weighted by molar-refractivity contribution is 0.411. The Kier molecular flexibility index (Phi) is 5.09. The molecule has 142 valence electrons. The van der Waals surface area contributed by atoms with Crippen molar-refractivity contribution >= 4 is 45.7 Å². The summed E-state index contributed by atoms with van der Waals surface area (Å²) in [4.78, 5) is 18.3. The first-order valence-corrected chi connectivity index (χ1v) is 10.9. The summed E-state index contributed by atoms with van der Waals surface area (Å²) in [6.07, 6.45) is 1.90. The molecular weight excluding hydrogens is 410 g/mol. The highest BCUT2D eigenvalue weighted by molar-refractivity contribution is 7.98. The van der Waals surface area contributed by atoms with Crippen molar-refractivity contribution in [2.45, 2.75) is 12.1 Å². The third-order valence-corrected chi connectivity index (χ3v) is 6.43. The molecule has 0 atom stereocenters.